The lowest BCUT2D eigenvalue weighted by atomic mass is 10.1. The molecule has 1 aliphatic rings. The Morgan fingerprint density at radius 2 is 1.74 bits per heavy atom. The van der Waals surface area contributed by atoms with Crippen LogP contribution in [0.3, 0.4) is 0 Å². The van der Waals surface area contributed by atoms with Gasteiger partial charge in [-0.05, 0) is 23.8 Å². The zero-order valence-corrected chi connectivity index (χ0v) is 14.3. The Kier molecular flexibility index (Phi) is 3.39. The molecule has 0 radical (unpaired) electrons. The van der Waals surface area contributed by atoms with Crippen molar-refractivity contribution in [3.8, 4) is 33.9 Å². The number of nitrogens with two attached hydrogens (primary N) is 1. The Morgan fingerprint density at radius 1 is 0.963 bits per heavy atom. The molecule has 27 heavy (non-hydrogen) atoms. The average Bonchev–Trinajstić information content (AvgIpc) is 3.05. The average molecular weight is 360 g/mol. The van der Waals surface area contributed by atoms with Crippen molar-refractivity contribution in [2.24, 2.45) is 0 Å². The van der Waals surface area contributed by atoms with E-state index >= 15 is 0 Å². The number of H-pyrrole nitrogens is 1. The van der Waals surface area contributed by atoms with E-state index in [0.717, 1.165) is 11.1 Å². The lowest BCUT2D eigenvalue weighted by molar-refractivity contribution is 0.171. The van der Waals surface area contributed by atoms with Crippen LogP contribution in [0.15, 0.2) is 59.4 Å². The van der Waals surface area contributed by atoms with Gasteiger partial charge in [-0.25, -0.2) is 4.98 Å². The van der Waals surface area contributed by atoms with Crippen LogP contribution in [0, 0.1) is 0 Å². The van der Waals surface area contributed by atoms with E-state index in [1.807, 2.05) is 48.5 Å². The van der Waals surface area contributed by atoms with E-state index < -0.39 is 0 Å². The fourth-order valence-electron chi connectivity index (χ4n) is 3.29. The summed E-state index contributed by atoms with van der Waals surface area (Å²) in [5.74, 6) is 1.74. The maximum atomic E-state index is 12.6. The Balaban J connectivity index is 1.72. The number of nitrogen functional groups attached to an aromatic ring is 1. The number of hydrogen-bond donors (Lipinski definition) is 2. The van der Waals surface area contributed by atoms with Crippen LogP contribution in [0.4, 0.5) is 5.82 Å². The van der Waals surface area contributed by atoms with E-state index in [-0.39, 0.29) is 5.56 Å². The molecule has 0 amide bonds. The highest BCUT2D eigenvalue weighted by Crippen LogP contribution is 2.35. The predicted octanol–water partition coefficient (Wildman–Crippen LogP) is 2.71. The van der Waals surface area contributed by atoms with Gasteiger partial charge >= 0.3 is 0 Å². The summed E-state index contributed by atoms with van der Waals surface area (Å²) in [6, 6.07) is 16.6. The van der Waals surface area contributed by atoms with Crippen LogP contribution in [0.25, 0.3) is 28.0 Å². The molecule has 0 unspecified atom stereocenters. The molecule has 3 heterocycles. The van der Waals surface area contributed by atoms with Crippen molar-refractivity contribution in [3.63, 3.8) is 0 Å². The Morgan fingerprint density at radius 3 is 2.56 bits per heavy atom. The van der Waals surface area contributed by atoms with Crippen LogP contribution in [-0.2, 0) is 0 Å². The third kappa shape index (κ3) is 2.52. The first-order valence-electron chi connectivity index (χ1n) is 8.57. The van der Waals surface area contributed by atoms with Crippen LogP contribution in [0.2, 0.25) is 0 Å². The summed E-state index contributed by atoms with van der Waals surface area (Å²) in [6.07, 6.45) is 0. The standard InChI is InChI=1S/C20H16N4O3/c21-19-18(12-4-2-1-3-5-12)20-22-14(11-17(25)24(20)23-19)13-6-7-15-16(10-13)27-9-8-26-15/h1-7,10-11,23H,8-9,21H2. The molecule has 0 atom stereocenters. The summed E-state index contributed by atoms with van der Waals surface area (Å²) in [6.45, 7) is 1.03. The molecular weight excluding hydrogens is 344 g/mol. The second-order valence-electron chi connectivity index (χ2n) is 6.26. The quantitative estimate of drug-likeness (QED) is 0.573. The molecule has 0 bridgehead atoms. The molecule has 4 aromatic rings. The van der Waals surface area contributed by atoms with Crippen LogP contribution in [0.5, 0.6) is 11.5 Å². The molecule has 0 saturated carbocycles. The Labute approximate surface area is 154 Å². The van der Waals surface area contributed by atoms with E-state index in [4.69, 9.17) is 20.2 Å². The Hall–Kier alpha value is -3.74. The van der Waals surface area contributed by atoms with Gasteiger partial charge in [0.05, 0.1) is 11.3 Å². The molecule has 5 rings (SSSR count). The molecular formula is C20H16N4O3. The van der Waals surface area contributed by atoms with Gasteiger partial charge in [-0.1, -0.05) is 30.3 Å². The van der Waals surface area contributed by atoms with Gasteiger partial charge in [-0.15, -0.1) is 0 Å². The molecule has 0 aliphatic carbocycles. The molecule has 3 N–H and O–H groups in total. The number of ether oxygens (including phenoxy) is 2. The fraction of sp³-hybridized carbons (Fsp3) is 0.100. The van der Waals surface area contributed by atoms with Gasteiger partial charge in [-0.2, -0.15) is 4.52 Å². The van der Waals surface area contributed by atoms with Gasteiger partial charge in [0.1, 0.15) is 19.0 Å². The van der Waals surface area contributed by atoms with Crippen molar-refractivity contribution >= 4 is 11.5 Å². The van der Waals surface area contributed by atoms with Crippen LogP contribution in [0.1, 0.15) is 0 Å². The largest absolute Gasteiger partial charge is 0.486 e. The van der Waals surface area contributed by atoms with Gasteiger partial charge in [-0.3, -0.25) is 9.89 Å². The molecule has 0 fully saturated rings. The van der Waals surface area contributed by atoms with Crippen molar-refractivity contribution in [2.75, 3.05) is 18.9 Å². The van der Waals surface area contributed by atoms with E-state index in [9.17, 15) is 4.79 Å². The first-order valence-corrected chi connectivity index (χ1v) is 8.57. The van der Waals surface area contributed by atoms with Gasteiger partial charge in [0.15, 0.2) is 17.1 Å². The van der Waals surface area contributed by atoms with Gasteiger partial charge in [0.25, 0.3) is 5.56 Å². The topological polar surface area (TPSA) is 94.6 Å². The zero-order valence-electron chi connectivity index (χ0n) is 14.3. The maximum Gasteiger partial charge on any atom is 0.273 e. The molecule has 0 saturated heterocycles. The first-order chi connectivity index (χ1) is 13.2. The molecule has 2 aromatic carbocycles. The molecule has 7 heteroatoms. The van der Waals surface area contributed by atoms with Crippen molar-refractivity contribution in [1.29, 1.82) is 0 Å². The lowest BCUT2D eigenvalue weighted by Gasteiger charge is -2.18. The van der Waals surface area contributed by atoms with Crippen LogP contribution in [-0.4, -0.2) is 27.8 Å². The smallest absolute Gasteiger partial charge is 0.273 e. The second kappa shape index (κ2) is 5.91. The summed E-state index contributed by atoms with van der Waals surface area (Å²) < 4.78 is 12.6. The molecule has 7 nitrogen and oxygen atoms in total. The summed E-state index contributed by atoms with van der Waals surface area (Å²) >= 11 is 0. The maximum absolute atomic E-state index is 12.6. The van der Waals surface area contributed by atoms with Crippen molar-refractivity contribution in [1.82, 2.24) is 14.6 Å². The number of nitrogens with one attached hydrogen (secondary N) is 1. The number of fused-ring (bicyclic) bond motifs is 2. The number of rotatable bonds is 2. The fourth-order valence-corrected chi connectivity index (χ4v) is 3.29. The minimum atomic E-state index is -0.237. The number of aromatic amines is 1. The summed E-state index contributed by atoms with van der Waals surface area (Å²) in [7, 11) is 0. The van der Waals surface area contributed by atoms with Crippen molar-refractivity contribution in [2.45, 2.75) is 0 Å². The van der Waals surface area contributed by atoms with Crippen molar-refractivity contribution < 1.29 is 9.47 Å². The number of nitrogens with zero attached hydrogens (tertiary/aromatic N) is 2. The SMILES string of the molecule is Nc1[nH]n2c(=O)cc(-c3ccc4c(c3)OCCO4)nc2c1-c1ccccc1. The summed E-state index contributed by atoms with van der Waals surface area (Å²) in [5.41, 5.74) is 9.30. The molecule has 2 aromatic heterocycles. The highest BCUT2D eigenvalue weighted by atomic mass is 16.6. The number of benzene rings is 2. The summed E-state index contributed by atoms with van der Waals surface area (Å²) in [4.78, 5) is 17.3. The minimum Gasteiger partial charge on any atom is -0.486 e. The van der Waals surface area contributed by atoms with Crippen LogP contribution < -0.4 is 20.8 Å². The lowest BCUT2D eigenvalue weighted by Crippen LogP contribution is -2.16. The van der Waals surface area contributed by atoms with E-state index in [2.05, 4.69) is 5.10 Å². The van der Waals surface area contributed by atoms with E-state index in [0.29, 0.717) is 47.4 Å². The first kappa shape index (κ1) is 15.5. The zero-order chi connectivity index (χ0) is 18.4. The summed E-state index contributed by atoms with van der Waals surface area (Å²) in [5, 5.41) is 2.90. The number of hydrogen-bond acceptors (Lipinski definition) is 5. The van der Waals surface area contributed by atoms with E-state index in [1.54, 1.807) is 0 Å². The van der Waals surface area contributed by atoms with Crippen molar-refractivity contribution in [3.05, 3.63) is 65.0 Å². The van der Waals surface area contributed by atoms with Gasteiger partial charge in [0.2, 0.25) is 0 Å². The minimum absolute atomic E-state index is 0.237. The predicted molar refractivity (Wildman–Crippen MR) is 102 cm³/mol. The van der Waals surface area contributed by atoms with Gasteiger partial charge < -0.3 is 15.2 Å². The number of anilines is 1. The van der Waals surface area contributed by atoms with Crippen LogP contribution >= 0.6 is 0 Å². The Bertz CT molecular complexity index is 1210. The number of aromatic nitrogens is 3. The second-order valence-corrected chi connectivity index (χ2v) is 6.26. The third-order valence-corrected chi connectivity index (χ3v) is 4.54. The normalized spacial score (nSPS) is 13.0. The highest BCUT2D eigenvalue weighted by Gasteiger charge is 2.17. The molecule has 1 aliphatic heterocycles. The van der Waals surface area contributed by atoms with E-state index in [1.165, 1.54) is 10.6 Å². The van der Waals surface area contributed by atoms with Gasteiger partial charge in [0, 0.05) is 11.6 Å². The molecule has 0 spiro atoms. The molecule has 134 valence electrons. The monoisotopic (exact) mass is 360 g/mol. The highest BCUT2D eigenvalue weighted by molar-refractivity contribution is 5.87. The third-order valence-electron chi connectivity index (χ3n) is 4.54.